The number of aromatic hydroxyl groups is 1. The highest BCUT2D eigenvalue weighted by Gasteiger charge is 2.71. The van der Waals surface area contributed by atoms with Gasteiger partial charge in [-0.05, 0) is 35.9 Å². The zero-order valence-electron chi connectivity index (χ0n) is 20.0. The number of alkyl halides is 6. The molecule has 0 radical (unpaired) electrons. The fourth-order valence-electron chi connectivity index (χ4n) is 4.46. The van der Waals surface area contributed by atoms with Crippen molar-refractivity contribution in [2.24, 2.45) is 0 Å². The number of thiocarbonyl (C=S) groups is 1. The molecule has 0 bridgehead atoms. The maximum atomic E-state index is 13.6. The van der Waals surface area contributed by atoms with E-state index in [2.05, 4.69) is 0 Å². The molecule has 4 rings (SSSR count). The van der Waals surface area contributed by atoms with E-state index < -0.39 is 33.5 Å². The number of phenolic OH excluding ortho intramolecular Hbond substituents is 1. The van der Waals surface area contributed by atoms with Crippen LogP contribution in [0.25, 0.3) is 11.1 Å². The van der Waals surface area contributed by atoms with Crippen LogP contribution in [0.5, 0.6) is 5.75 Å². The van der Waals surface area contributed by atoms with Crippen molar-refractivity contribution in [3.05, 3.63) is 71.2 Å². The van der Waals surface area contributed by atoms with Gasteiger partial charge in [0.1, 0.15) is 5.75 Å². The summed E-state index contributed by atoms with van der Waals surface area (Å²) in [7, 11) is -3.90. The minimum Gasteiger partial charge on any atom is -0.508 e. The maximum absolute atomic E-state index is 13.6. The summed E-state index contributed by atoms with van der Waals surface area (Å²) >= 11 is 5.18. The van der Waals surface area contributed by atoms with E-state index >= 15 is 0 Å². The lowest BCUT2D eigenvalue weighted by Crippen LogP contribution is -2.54. The van der Waals surface area contributed by atoms with Crippen LogP contribution in [0.1, 0.15) is 12.0 Å². The Balaban J connectivity index is 1.72. The third kappa shape index (κ3) is 5.30. The van der Waals surface area contributed by atoms with Crippen molar-refractivity contribution in [3.8, 4) is 16.9 Å². The van der Waals surface area contributed by atoms with Crippen LogP contribution in [0.15, 0.2) is 65.6 Å². The van der Waals surface area contributed by atoms with Crippen LogP contribution < -0.4 is 4.90 Å². The van der Waals surface area contributed by atoms with Crippen molar-refractivity contribution >= 4 is 32.8 Å². The molecule has 2 aromatic rings. The van der Waals surface area contributed by atoms with Crippen molar-refractivity contribution < 1.29 is 45.0 Å². The van der Waals surface area contributed by atoms with Crippen LogP contribution >= 0.6 is 12.2 Å². The molecule has 1 heterocycles. The number of hydrogen-bond acceptors (Lipinski definition) is 6. The van der Waals surface area contributed by atoms with Crippen molar-refractivity contribution in [2.75, 3.05) is 31.1 Å². The molecule has 2 N–H and O–H groups in total. The minimum absolute atomic E-state index is 0.0150. The maximum Gasteiger partial charge on any atom is 0.430 e. The highest BCUT2D eigenvalue weighted by atomic mass is 32.2. The molecule has 0 unspecified atom stereocenters. The normalized spacial score (nSPS) is 17.9. The van der Waals surface area contributed by atoms with E-state index in [1.165, 1.54) is 34.6 Å². The molecular formula is C25H22F6N2O4S2. The molecule has 0 atom stereocenters. The predicted molar refractivity (Wildman–Crippen MR) is 137 cm³/mol. The molecule has 0 spiro atoms. The van der Waals surface area contributed by atoms with Gasteiger partial charge in [0.25, 0.3) is 5.60 Å². The Bertz CT molecular complexity index is 1410. The van der Waals surface area contributed by atoms with Crippen LogP contribution in [0.3, 0.4) is 0 Å². The summed E-state index contributed by atoms with van der Waals surface area (Å²) < 4.78 is 109. The fraction of sp³-hybridized carbons (Fsp3) is 0.320. The average molecular weight is 593 g/mol. The summed E-state index contributed by atoms with van der Waals surface area (Å²) in [5.74, 6) is -0.179. The van der Waals surface area contributed by atoms with Crippen LogP contribution in [0.2, 0.25) is 0 Å². The molecule has 0 amide bonds. The second-order valence-electron chi connectivity index (χ2n) is 8.96. The average Bonchev–Trinajstić information content (AvgIpc) is 2.87. The van der Waals surface area contributed by atoms with Crippen molar-refractivity contribution in [1.29, 1.82) is 0 Å². The van der Waals surface area contributed by atoms with Crippen LogP contribution in [-0.4, -0.2) is 66.3 Å². The molecule has 210 valence electrons. The first-order chi connectivity index (χ1) is 18.1. The Morgan fingerprint density at radius 1 is 0.872 bits per heavy atom. The molecule has 1 fully saturated rings. The summed E-state index contributed by atoms with van der Waals surface area (Å²) in [6.45, 7) is 0.111. The standard InChI is InChI=1S/C25H22F6N2O4S2/c26-24(27,28)23(35,25(29,30)31)17-7-10-20(19(15-17)16-5-8-18(34)9-6-16)32-11-13-33(14-12-32)39(36,37)22-4-2-1-3-21(22)38/h1-2,4-10,15,34-35H,3,11-14H2. The van der Waals surface area contributed by atoms with E-state index in [1.807, 2.05) is 0 Å². The number of rotatable bonds is 5. The number of allylic oxidation sites excluding steroid dienone is 4. The summed E-state index contributed by atoms with van der Waals surface area (Å²) in [5.41, 5.74) is -6.23. The van der Waals surface area contributed by atoms with Gasteiger partial charge < -0.3 is 15.1 Å². The zero-order valence-corrected chi connectivity index (χ0v) is 21.6. The topological polar surface area (TPSA) is 81.1 Å². The highest BCUT2D eigenvalue weighted by molar-refractivity contribution is 7.96. The molecule has 2 aromatic carbocycles. The Labute approximate surface area is 225 Å². The van der Waals surface area contributed by atoms with E-state index in [0.717, 1.165) is 6.07 Å². The van der Waals surface area contributed by atoms with Crippen LogP contribution in [0.4, 0.5) is 32.0 Å². The summed E-state index contributed by atoms with van der Waals surface area (Å²) in [6, 6.07) is 7.25. The first kappa shape index (κ1) is 29.1. The van der Waals surface area contributed by atoms with E-state index in [0.29, 0.717) is 18.6 Å². The van der Waals surface area contributed by atoms with E-state index in [9.17, 15) is 45.0 Å². The monoisotopic (exact) mass is 592 g/mol. The van der Waals surface area contributed by atoms with Gasteiger partial charge in [-0.15, -0.1) is 0 Å². The second-order valence-corrected chi connectivity index (χ2v) is 11.4. The van der Waals surface area contributed by atoms with Crippen LogP contribution in [-0.2, 0) is 15.6 Å². The lowest BCUT2D eigenvalue weighted by atomic mass is 9.88. The predicted octanol–water partition coefficient (Wildman–Crippen LogP) is 5.04. The van der Waals surface area contributed by atoms with Gasteiger partial charge in [0.05, 0.1) is 4.91 Å². The van der Waals surface area contributed by atoms with Crippen molar-refractivity contribution in [2.45, 2.75) is 24.4 Å². The molecule has 2 aliphatic rings. The molecule has 0 saturated carbocycles. The molecule has 1 aliphatic heterocycles. The molecule has 14 heteroatoms. The third-order valence-corrected chi connectivity index (χ3v) is 9.07. The Morgan fingerprint density at radius 3 is 2.00 bits per heavy atom. The lowest BCUT2D eigenvalue weighted by molar-refractivity contribution is -0.376. The number of nitrogens with zero attached hydrogens (tertiary/aromatic N) is 2. The van der Waals surface area contributed by atoms with Gasteiger partial charge in [-0.3, -0.25) is 0 Å². The Morgan fingerprint density at radius 2 is 1.46 bits per heavy atom. The Hall–Kier alpha value is -2.94. The SMILES string of the molecule is O=S(=O)(C1=CC=CCC1=S)N1CCN(c2ccc(C(O)(C(F)(F)F)C(F)(F)F)cc2-c2ccc(O)cc2)CC1. The lowest BCUT2D eigenvalue weighted by Gasteiger charge is -2.38. The van der Waals surface area contributed by atoms with Crippen molar-refractivity contribution in [3.63, 3.8) is 0 Å². The van der Waals surface area contributed by atoms with Gasteiger partial charge in [0.15, 0.2) is 0 Å². The number of phenols is 1. The summed E-state index contributed by atoms with van der Waals surface area (Å²) in [5, 5.41) is 19.6. The molecule has 6 nitrogen and oxygen atoms in total. The van der Waals surface area contributed by atoms with Gasteiger partial charge in [0, 0.05) is 54.3 Å². The number of piperazine rings is 1. The van der Waals surface area contributed by atoms with E-state index in [-0.39, 0.29) is 58.5 Å². The van der Waals surface area contributed by atoms with Gasteiger partial charge in [0.2, 0.25) is 10.0 Å². The summed E-state index contributed by atoms with van der Waals surface area (Å²) in [4.78, 5) is 1.92. The molecule has 1 aliphatic carbocycles. The molecular weight excluding hydrogens is 570 g/mol. The molecule has 1 saturated heterocycles. The smallest absolute Gasteiger partial charge is 0.430 e. The number of aliphatic hydroxyl groups is 1. The number of anilines is 1. The Kier molecular flexibility index (Phi) is 7.62. The second kappa shape index (κ2) is 10.2. The quantitative estimate of drug-likeness (QED) is 0.374. The van der Waals surface area contributed by atoms with Gasteiger partial charge in [-0.25, -0.2) is 8.42 Å². The van der Waals surface area contributed by atoms with E-state index in [1.54, 1.807) is 17.1 Å². The summed E-state index contributed by atoms with van der Waals surface area (Å²) in [6.07, 6.45) is -7.09. The van der Waals surface area contributed by atoms with Crippen LogP contribution in [0, 0.1) is 0 Å². The van der Waals surface area contributed by atoms with Gasteiger partial charge >= 0.3 is 12.4 Å². The molecule has 0 aromatic heterocycles. The fourth-order valence-corrected chi connectivity index (χ4v) is 6.48. The number of halogens is 6. The number of sulfonamides is 1. The third-order valence-electron chi connectivity index (χ3n) is 6.57. The van der Waals surface area contributed by atoms with Crippen molar-refractivity contribution in [1.82, 2.24) is 4.31 Å². The van der Waals surface area contributed by atoms with Gasteiger partial charge in [-0.2, -0.15) is 30.6 Å². The zero-order chi connectivity index (χ0) is 28.8. The van der Waals surface area contributed by atoms with E-state index in [4.69, 9.17) is 12.2 Å². The van der Waals surface area contributed by atoms with Gasteiger partial charge in [-0.1, -0.05) is 42.6 Å². The first-order valence-electron chi connectivity index (χ1n) is 11.5. The minimum atomic E-state index is -6.07. The molecule has 39 heavy (non-hydrogen) atoms. The number of hydrogen-bond donors (Lipinski definition) is 2. The first-order valence-corrected chi connectivity index (χ1v) is 13.4. The highest BCUT2D eigenvalue weighted by Crippen LogP contribution is 2.51. The largest absolute Gasteiger partial charge is 0.508 e. The number of benzene rings is 2.